The van der Waals surface area contributed by atoms with Crippen LogP contribution in [0.5, 0.6) is 0 Å². The van der Waals surface area contributed by atoms with Gasteiger partial charge in [0.15, 0.2) is 0 Å². The van der Waals surface area contributed by atoms with Crippen molar-refractivity contribution in [2.24, 2.45) is 0 Å². The standard InChI is InChI=1S/C15H17N3OS/c16-12-10-7-8-3-1-2-4-11(8)18-15(10)20-13(12)14(19)17-9-5-6-9/h7,9H,1-6,16H2,(H,17,19). The molecule has 0 atom stereocenters. The molecule has 2 aromatic heterocycles. The second-order valence-corrected chi connectivity index (χ2v) is 6.75. The van der Waals surface area contributed by atoms with Crippen LogP contribution in [0.15, 0.2) is 6.07 Å². The summed E-state index contributed by atoms with van der Waals surface area (Å²) in [6, 6.07) is 2.50. The van der Waals surface area contributed by atoms with Gasteiger partial charge in [0.05, 0.1) is 5.69 Å². The number of nitrogens with zero attached hydrogens (tertiary/aromatic N) is 1. The maximum Gasteiger partial charge on any atom is 0.263 e. The Morgan fingerprint density at radius 1 is 1.35 bits per heavy atom. The van der Waals surface area contributed by atoms with Gasteiger partial charge < -0.3 is 11.1 Å². The molecule has 0 aromatic carbocycles. The molecule has 1 saturated carbocycles. The maximum absolute atomic E-state index is 12.2. The smallest absolute Gasteiger partial charge is 0.263 e. The number of hydrogen-bond acceptors (Lipinski definition) is 4. The van der Waals surface area contributed by atoms with Gasteiger partial charge in [-0.3, -0.25) is 4.79 Å². The Morgan fingerprint density at radius 3 is 2.95 bits per heavy atom. The first-order valence-electron chi connectivity index (χ1n) is 7.24. The fraction of sp³-hybridized carbons (Fsp3) is 0.467. The molecule has 3 N–H and O–H groups in total. The van der Waals surface area contributed by atoms with Crippen LogP contribution in [0.2, 0.25) is 0 Å². The summed E-state index contributed by atoms with van der Waals surface area (Å²) in [5.41, 5.74) is 9.28. The lowest BCUT2D eigenvalue weighted by atomic mass is 9.95. The van der Waals surface area contributed by atoms with Crippen molar-refractivity contribution in [2.75, 3.05) is 5.73 Å². The number of anilines is 1. The zero-order chi connectivity index (χ0) is 13.7. The van der Waals surface area contributed by atoms with E-state index < -0.39 is 0 Å². The van der Waals surface area contributed by atoms with Crippen LogP contribution < -0.4 is 11.1 Å². The van der Waals surface area contributed by atoms with Crippen molar-refractivity contribution >= 4 is 33.1 Å². The van der Waals surface area contributed by atoms with Crippen molar-refractivity contribution in [2.45, 2.75) is 44.6 Å². The summed E-state index contributed by atoms with van der Waals surface area (Å²) in [7, 11) is 0. The fourth-order valence-electron chi connectivity index (χ4n) is 2.81. The van der Waals surface area contributed by atoms with E-state index in [1.807, 2.05) is 0 Å². The van der Waals surface area contributed by atoms with E-state index in [4.69, 9.17) is 10.7 Å². The Bertz CT molecular complexity index is 703. The largest absolute Gasteiger partial charge is 0.397 e. The van der Waals surface area contributed by atoms with Gasteiger partial charge in [-0.15, -0.1) is 11.3 Å². The molecule has 2 aliphatic rings. The third-order valence-electron chi connectivity index (χ3n) is 4.12. The van der Waals surface area contributed by atoms with Gasteiger partial charge in [0.25, 0.3) is 5.91 Å². The second kappa shape index (κ2) is 4.45. The van der Waals surface area contributed by atoms with Gasteiger partial charge in [0, 0.05) is 17.1 Å². The molecule has 0 spiro atoms. The number of nitrogen functional groups attached to an aromatic ring is 1. The topological polar surface area (TPSA) is 68.0 Å². The molecule has 0 bridgehead atoms. The molecule has 4 rings (SSSR count). The molecular weight excluding hydrogens is 270 g/mol. The first-order valence-corrected chi connectivity index (χ1v) is 8.05. The van der Waals surface area contributed by atoms with Gasteiger partial charge in [-0.2, -0.15) is 0 Å². The molecule has 20 heavy (non-hydrogen) atoms. The molecule has 1 fully saturated rings. The molecule has 0 unspecified atom stereocenters. The number of carbonyl (C=O) groups is 1. The maximum atomic E-state index is 12.2. The van der Waals surface area contributed by atoms with Gasteiger partial charge >= 0.3 is 0 Å². The summed E-state index contributed by atoms with van der Waals surface area (Å²) in [4.78, 5) is 18.5. The highest BCUT2D eigenvalue weighted by molar-refractivity contribution is 7.21. The Kier molecular flexibility index (Phi) is 2.70. The average Bonchev–Trinajstić information content (AvgIpc) is 3.21. The lowest BCUT2D eigenvalue weighted by molar-refractivity contribution is 0.0956. The van der Waals surface area contributed by atoms with Crippen LogP contribution >= 0.6 is 11.3 Å². The van der Waals surface area contributed by atoms with E-state index in [-0.39, 0.29) is 5.91 Å². The highest BCUT2D eigenvalue weighted by Crippen LogP contribution is 2.35. The zero-order valence-electron chi connectivity index (χ0n) is 11.2. The van der Waals surface area contributed by atoms with Crippen molar-refractivity contribution in [1.29, 1.82) is 0 Å². The van der Waals surface area contributed by atoms with Crippen molar-refractivity contribution in [3.05, 3.63) is 22.2 Å². The van der Waals surface area contributed by atoms with Crippen molar-refractivity contribution in [3.8, 4) is 0 Å². The first-order chi connectivity index (χ1) is 9.72. The van der Waals surface area contributed by atoms with E-state index >= 15 is 0 Å². The molecule has 2 aliphatic carbocycles. The summed E-state index contributed by atoms with van der Waals surface area (Å²) >= 11 is 1.43. The van der Waals surface area contributed by atoms with Crippen LogP contribution in [0.1, 0.15) is 46.6 Å². The minimum Gasteiger partial charge on any atom is -0.397 e. The SMILES string of the molecule is Nc1c(C(=O)NC2CC2)sc2nc3c(cc12)CCCC3. The first kappa shape index (κ1) is 12.1. The third kappa shape index (κ3) is 1.97. The predicted molar refractivity (Wildman–Crippen MR) is 81.2 cm³/mol. The van der Waals surface area contributed by atoms with Gasteiger partial charge in [0.2, 0.25) is 0 Å². The number of thiophene rings is 1. The van der Waals surface area contributed by atoms with Crippen LogP contribution in [0.25, 0.3) is 10.2 Å². The fourth-order valence-corrected chi connectivity index (χ4v) is 3.81. The summed E-state index contributed by atoms with van der Waals surface area (Å²) in [5, 5.41) is 3.96. The van der Waals surface area contributed by atoms with Gasteiger partial charge in [-0.05, 0) is 50.2 Å². The number of nitrogens with one attached hydrogen (secondary N) is 1. The molecule has 1 amide bonds. The molecule has 4 nitrogen and oxygen atoms in total. The predicted octanol–water partition coefficient (Wildman–Crippen LogP) is 2.65. The third-order valence-corrected chi connectivity index (χ3v) is 5.23. The van der Waals surface area contributed by atoms with E-state index in [0.29, 0.717) is 16.6 Å². The van der Waals surface area contributed by atoms with E-state index in [2.05, 4.69) is 11.4 Å². The summed E-state index contributed by atoms with van der Waals surface area (Å²) in [6.07, 6.45) is 6.73. The minimum absolute atomic E-state index is 0.0361. The van der Waals surface area contributed by atoms with E-state index in [1.54, 1.807) is 0 Å². The van der Waals surface area contributed by atoms with E-state index in [0.717, 1.165) is 35.9 Å². The average molecular weight is 287 g/mol. The Labute approximate surface area is 121 Å². The quantitative estimate of drug-likeness (QED) is 0.892. The molecule has 0 radical (unpaired) electrons. The molecule has 0 aliphatic heterocycles. The Morgan fingerprint density at radius 2 is 2.15 bits per heavy atom. The highest BCUT2D eigenvalue weighted by atomic mass is 32.1. The van der Waals surface area contributed by atoms with Crippen LogP contribution in [-0.4, -0.2) is 16.9 Å². The number of carbonyl (C=O) groups excluding carboxylic acids is 1. The molecule has 104 valence electrons. The number of fused-ring (bicyclic) bond motifs is 2. The lowest BCUT2D eigenvalue weighted by Crippen LogP contribution is -2.25. The molecule has 2 aromatic rings. The Balaban J connectivity index is 1.78. The minimum atomic E-state index is -0.0361. The highest BCUT2D eigenvalue weighted by Gasteiger charge is 2.26. The molecule has 2 heterocycles. The van der Waals surface area contributed by atoms with Crippen molar-refractivity contribution in [3.63, 3.8) is 0 Å². The number of rotatable bonds is 2. The van der Waals surface area contributed by atoms with Crippen LogP contribution in [0.3, 0.4) is 0 Å². The summed E-state index contributed by atoms with van der Waals surface area (Å²) in [5.74, 6) is -0.0361. The number of hydrogen-bond donors (Lipinski definition) is 2. The normalized spacial score (nSPS) is 18.0. The summed E-state index contributed by atoms with van der Waals surface area (Å²) < 4.78 is 0. The number of amides is 1. The zero-order valence-corrected chi connectivity index (χ0v) is 12.1. The number of aryl methyl sites for hydroxylation is 2. The van der Waals surface area contributed by atoms with Gasteiger partial charge in [-0.25, -0.2) is 4.98 Å². The van der Waals surface area contributed by atoms with Gasteiger partial charge in [0.1, 0.15) is 9.71 Å². The molecular formula is C15H17N3OS. The number of nitrogens with two attached hydrogens (primary N) is 1. The molecule has 5 heteroatoms. The number of pyridine rings is 1. The van der Waals surface area contributed by atoms with Crippen molar-refractivity contribution in [1.82, 2.24) is 10.3 Å². The van der Waals surface area contributed by atoms with Crippen LogP contribution in [-0.2, 0) is 12.8 Å². The second-order valence-electron chi connectivity index (χ2n) is 5.75. The van der Waals surface area contributed by atoms with Crippen LogP contribution in [0.4, 0.5) is 5.69 Å². The number of aromatic nitrogens is 1. The van der Waals surface area contributed by atoms with Crippen molar-refractivity contribution < 1.29 is 4.79 Å². The lowest BCUT2D eigenvalue weighted by Gasteiger charge is -2.14. The molecule has 0 saturated heterocycles. The summed E-state index contributed by atoms with van der Waals surface area (Å²) in [6.45, 7) is 0. The monoisotopic (exact) mass is 287 g/mol. The van der Waals surface area contributed by atoms with E-state index in [1.165, 1.54) is 35.4 Å². The van der Waals surface area contributed by atoms with E-state index in [9.17, 15) is 4.79 Å². The Hall–Kier alpha value is -1.62. The van der Waals surface area contributed by atoms with Gasteiger partial charge in [-0.1, -0.05) is 0 Å². The van der Waals surface area contributed by atoms with Crippen LogP contribution in [0, 0.1) is 0 Å².